The van der Waals surface area contributed by atoms with Crippen molar-refractivity contribution in [3.63, 3.8) is 0 Å². The summed E-state index contributed by atoms with van der Waals surface area (Å²) in [6.45, 7) is 10.3. The summed E-state index contributed by atoms with van der Waals surface area (Å²) in [5.74, 6) is 1.16. The predicted octanol–water partition coefficient (Wildman–Crippen LogP) is 3.07. The highest BCUT2D eigenvalue weighted by Crippen LogP contribution is 2.29. The summed E-state index contributed by atoms with van der Waals surface area (Å²) in [5, 5.41) is 12.9. The second-order valence-corrected chi connectivity index (χ2v) is 8.88. The van der Waals surface area contributed by atoms with Crippen molar-refractivity contribution >= 4 is 22.6 Å². The topological polar surface area (TPSA) is 97.7 Å². The second kappa shape index (κ2) is 7.69. The van der Waals surface area contributed by atoms with Gasteiger partial charge >= 0.3 is 0 Å². The quantitative estimate of drug-likeness (QED) is 0.841. The fraction of sp³-hybridized carbons (Fsp3) is 0.579. The Hall–Kier alpha value is -2.40. The van der Waals surface area contributed by atoms with Gasteiger partial charge in [-0.3, -0.25) is 4.79 Å². The number of rotatable bonds is 4. The standard InChI is InChI=1S/C19H26N6OS/c1-12(22-16(26)15-9-13(10-20)11-21-15)14-5-7-25(8-6-14)18-23-17(24-27-18)19(2,3)4/h9,11-12,14,21H,5-8H2,1-4H3,(H,22,26)/t12-/m1/s1. The van der Waals surface area contributed by atoms with E-state index in [2.05, 4.69) is 47.3 Å². The Bertz CT molecular complexity index is 835. The van der Waals surface area contributed by atoms with E-state index >= 15 is 0 Å². The van der Waals surface area contributed by atoms with Gasteiger partial charge in [-0.05, 0) is 31.7 Å². The van der Waals surface area contributed by atoms with Gasteiger partial charge in [-0.15, -0.1) is 0 Å². The number of aromatic nitrogens is 3. The molecule has 27 heavy (non-hydrogen) atoms. The zero-order chi connectivity index (χ0) is 19.6. The minimum absolute atomic E-state index is 0.0326. The second-order valence-electron chi connectivity index (χ2n) is 8.15. The largest absolute Gasteiger partial charge is 0.356 e. The smallest absolute Gasteiger partial charge is 0.267 e. The molecule has 0 radical (unpaired) electrons. The highest BCUT2D eigenvalue weighted by molar-refractivity contribution is 7.09. The minimum Gasteiger partial charge on any atom is -0.356 e. The zero-order valence-electron chi connectivity index (χ0n) is 16.2. The van der Waals surface area contributed by atoms with Gasteiger partial charge in [0.1, 0.15) is 17.6 Å². The Kier molecular flexibility index (Phi) is 5.51. The molecule has 2 N–H and O–H groups in total. The molecule has 2 aromatic heterocycles. The summed E-state index contributed by atoms with van der Waals surface area (Å²) in [7, 11) is 0. The van der Waals surface area contributed by atoms with Gasteiger partial charge in [-0.2, -0.15) is 9.64 Å². The van der Waals surface area contributed by atoms with Gasteiger partial charge in [0.2, 0.25) is 5.13 Å². The van der Waals surface area contributed by atoms with E-state index in [-0.39, 0.29) is 17.4 Å². The first-order chi connectivity index (χ1) is 12.8. The van der Waals surface area contributed by atoms with Crippen LogP contribution in [0.3, 0.4) is 0 Å². The summed E-state index contributed by atoms with van der Waals surface area (Å²) in [6.07, 6.45) is 3.55. The van der Waals surface area contributed by atoms with Crippen molar-refractivity contribution in [2.45, 2.75) is 52.0 Å². The van der Waals surface area contributed by atoms with Crippen molar-refractivity contribution in [1.29, 1.82) is 5.26 Å². The molecule has 8 heteroatoms. The van der Waals surface area contributed by atoms with E-state index in [1.165, 1.54) is 11.5 Å². The summed E-state index contributed by atoms with van der Waals surface area (Å²) in [5.41, 5.74) is 0.863. The van der Waals surface area contributed by atoms with E-state index in [9.17, 15) is 4.79 Å². The molecule has 0 unspecified atom stereocenters. The fourth-order valence-electron chi connectivity index (χ4n) is 3.23. The van der Waals surface area contributed by atoms with E-state index in [1.54, 1.807) is 12.3 Å². The first-order valence-corrected chi connectivity index (χ1v) is 10.0. The number of nitrogens with one attached hydrogen (secondary N) is 2. The van der Waals surface area contributed by atoms with Gasteiger partial charge in [0.25, 0.3) is 5.91 Å². The number of H-pyrrole nitrogens is 1. The van der Waals surface area contributed by atoms with Crippen LogP contribution in [-0.4, -0.2) is 39.4 Å². The van der Waals surface area contributed by atoms with Crippen LogP contribution in [0.15, 0.2) is 12.3 Å². The molecule has 1 aliphatic rings. The van der Waals surface area contributed by atoms with Crippen LogP contribution >= 0.6 is 11.5 Å². The maximum Gasteiger partial charge on any atom is 0.267 e. The Morgan fingerprint density at radius 3 is 2.70 bits per heavy atom. The summed E-state index contributed by atoms with van der Waals surface area (Å²) in [6, 6.07) is 3.68. The summed E-state index contributed by atoms with van der Waals surface area (Å²) in [4.78, 5) is 22.2. The van der Waals surface area contributed by atoms with E-state index in [4.69, 9.17) is 10.2 Å². The zero-order valence-corrected chi connectivity index (χ0v) is 17.1. The third-order valence-electron chi connectivity index (χ3n) is 5.02. The molecule has 1 atom stereocenters. The Labute approximate surface area is 164 Å². The molecule has 0 saturated carbocycles. The van der Waals surface area contributed by atoms with Gasteiger partial charge in [0.15, 0.2) is 0 Å². The monoisotopic (exact) mass is 386 g/mol. The molecular formula is C19H26N6OS. The van der Waals surface area contributed by atoms with Gasteiger partial charge in [0, 0.05) is 42.3 Å². The van der Waals surface area contributed by atoms with Crippen molar-refractivity contribution < 1.29 is 4.79 Å². The normalized spacial score (nSPS) is 16.8. The molecule has 3 rings (SSSR count). The highest BCUT2D eigenvalue weighted by atomic mass is 32.1. The SMILES string of the molecule is C[C@@H](NC(=O)c1cc(C#N)c[nH]1)C1CCN(c2nc(C(C)(C)C)ns2)CC1. The first kappa shape index (κ1) is 19.4. The molecule has 7 nitrogen and oxygen atoms in total. The maximum atomic E-state index is 12.3. The number of piperidine rings is 1. The number of hydrogen-bond acceptors (Lipinski definition) is 6. The van der Waals surface area contributed by atoms with Crippen LogP contribution in [0.2, 0.25) is 0 Å². The van der Waals surface area contributed by atoms with Gasteiger partial charge in [-0.25, -0.2) is 4.98 Å². The molecule has 144 valence electrons. The van der Waals surface area contributed by atoms with Crippen molar-refractivity contribution in [2.75, 3.05) is 18.0 Å². The van der Waals surface area contributed by atoms with Gasteiger partial charge in [-0.1, -0.05) is 20.8 Å². The number of amides is 1. The Morgan fingerprint density at radius 1 is 1.44 bits per heavy atom. The lowest BCUT2D eigenvalue weighted by Gasteiger charge is -2.34. The van der Waals surface area contributed by atoms with Crippen molar-refractivity contribution in [3.05, 3.63) is 29.3 Å². The Balaban J connectivity index is 1.53. The number of carbonyl (C=O) groups is 1. The summed E-state index contributed by atoms with van der Waals surface area (Å²) < 4.78 is 4.50. The molecule has 2 aromatic rings. The van der Waals surface area contributed by atoms with Gasteiger partial charge < -0.3 is 15.2 Å². The average Bonchev–Trinajstić information content (AvgIpc) is 3.31. The van der Waals surface area contributed by atoms with Crippen LogP contribution in [0.5, 0.6) is 0 Å². The number of aromatic amines is 1. The number of anilines is 1. The van der Waals surface area contributed by atoms with E-state index in [0.717, 1.165) is 36.9 Å². The molecule has 1 fully saturated rings. The number of carbonyl (C=O) groups excluding carboxylic acids is 1. The van der Waals surface area contributed by atoms with Gasteiger partial charge in [0.05, 0.1) is 5.56 Å². The fourth-order valence-corrected chi connectivity index (χ4v) is 4.14. The lowest BCUT2D eigenvalue weighted by atomic mass is 9.90. The predicted molar refractivity (Wildman–Crippen MR) is 106 cm³/mol. The molecular weight excluding hydrogens is 360 g/mol. The van der Waals surface area contributed by atoms with Crippen LogP contribution in [-0.2, 0) is 5.41 Å². The lowest BCUT2D eigenvalue weighted by molar-refractivity contribution is 0.0917. The summed E-state index contributed by atoms with van der Waals surface area (Å²) >= 11 is 1.47. The van der Waals surface area contributed by atoms with Crippen LogP contribution in [0.25, 0.3) is 0 Å². The van der Waals surface area contributed by atoms with E-state index in [1.807, 2.05) is 6.07 Å². The molecule has 1 amide bonds. The van der Waals surface area contributed by atoms with Crippen molar-refractivity contribution in [2.24, 2.45) is 5.92 Å². The molecule has 0 spiro atoms. The molecule has 0 aromatic carbocycles. The lowest BCUT2D eigenvalue weighted by Crippen LogP contribution is -2.44. The molecule has 1 saturated heterocycles. The maximum absolute atomic E-state index is 12.3. The third-order valence-corrected chi connectivity index (χ3v) is 5.80. The van der Waals surface area contributed by atoms with Crippen molar-refractivity contribution in [1.82, 2.24) is 19.7 Å². The number of nitrogens with zero attached hydrogens (tertiary/aromatic N) is 4. The highest BCUT2D eigenvalue weighted by Gasteiger charge is 2.28. The van der Waals surface area contributed by atoms with Crippen LogP contribution in [0, 0.1) is 17.2 Å². The molecule has 3 heterocycles. The Morgan fingerprint density at radius 2 is 2.15 bits per heavy atom. The minimum atomic E-state index is -0.162. The van der Waals surface area contributed by atoms with E-state index < -0.39 is 0 Å². The van der Waals surface area contributed by atoms with E-state index in [0.29, 0.717) is 17.2 Å². The van der Waals surface area contributed by atoms with Crippen molar-refractivity contribution in [3.8, 4) is 6.07 Å². The molecule has 0 bridgehead atoms. The number of hydrogen-bond donors (Lipinski definition) is 2. The average molecular weight is 387 g/mol. The molecule has 0 aliphatic carbocycles. The molecule has 1 aliphatic heterocycles. The van der Waals surface area contributed by atoms with Crippen LogP contribution in [0.4, 0.5) is 5.13 Å². The van der Waals surface area contributed by atoms with Crippen LogP contribution < -0.4 is 10.2 Å². The first-order valence-electron chi connectivity index (χ1n) is 9.26. The van der Waals surface area contributed by atoms with Crippen LogP contribution in [0.1, 0.15) is 62.4 Å². The third kappa shape index (κ3) is 4.48. The number of nitriles is 1.